The zero-order valence-corrected chi connectivity index (χ0v) is 17.8. The number of halogens is 2. The average Bonchev–Trinajstić information content (AvgIpc) is 2.99. The number of aromatic nitrogens is 2. The third-order valence-electron chi connectivity index (χ3n) is 3.86. The molecule has 28 heavy (non-hydrogen) atoms. The summed E-state index contributed by atoms with van der Waals surface area (Å²) < 4.78 is 7.84. The lowest BCUT2D eigenvalue weighted by atomic mass is 10.1. The summed E-state index contributed by atoms with van der Waals surface area (Å²) in [5, 5.41) is 2.84. The van der Waals surface area contributed by atoms with Gasteiger partial charge in [0.2, 0.25) is 0 Å². The maximum absolute atomic E-state index is 12.4. The zero-order valence-electron chi connectivity index (χ0n) is 16.1. The predicted octanol–water partition coefficient (Wildman–Crippen LogP) is 3.53. The molecule has 0 saturated carbocycles. The third-order valence-corrected chi connectivity index (χ3v) is 3.86. The Morgan fingerprint density at radius 3 is 2.61 bits per heavy atom. The lowest BCUT2D eigenvalue weighted by Gasteiger charge is -2.19. The lowest BCUT2D eigenvalue weighted by Crippen LogP contribution is -2.45. The quantitative estimate of drug-likeness (QED) is 0.633. The summed E-state index contributed by atoms with van der Waals surface area (Å²) in [4.78, 5) is 17.0. The number of aryl methyl sites for hydroxylation is 1. The fraction of sp³-hybridized carbons (Fsp3) is 0.300. The number of carbonyl (C=O) groups excluding carboxylic acids is 1. The van der Waals surface area contributed by atoms with E-state index < -0.39 is 5.54 Å². The number of nitrogens with zero attached hydrogens (tertiary/aromatic N) is 2. The minimum absolute atomic E-state index is 0. The molecule has 1 amide bonds. The molecule has 0 aliphatic heterocycles. The highest BCUT2D eigenvalue weighted by Gasteiger charge is 2.16. The number of hydrogen-bond donors (Lipinski definition) is 2. The number of rotatable bonds is 6. The summed E-state index contributed by atoms with van der Waals surface area (Å²) in [7, 11) is 0. The van der Waals surface area contributed by atoms with Crippen LogP contribution in [-0.4, -0.2) is 27.4 Å². The van der Waals surface area contributed by atoms with Crippen molar-refractivity contribution in [3.63, 3.8) is 0 Å². The van der Waals surface area contributed by atoms with Crippen molar-refractivity contribution in [2.45, 2.75) is 32.9 Å². The van der Waals surface area contributed by atoms with Gasteiger partial charge in [0, 0.05) is 24.5 Å². The van der Waals surface area contributed by atoms with Crippen molar-refractivity contribution in [3.8, 4) is 5.75 Å². The molecule has 3 rings (SSSR count). The van der Waals surface area contributed by atoms with Crippen molar-refractivity contribution in [1.82, 2.24) is 14.7 Å². The van der Waals surface area contributed by atoms with E-state index in [2.05, 4.69) is 10.3 Å². The molecule has 0 fully saturated rings. The summed E-state index contributed by atoms with van der Waals surface area (Å²) >= 11 is 0. The average molecular weight is 425 g/mol. The SMILES string of the molecule is Cc1ccc2nc(COc3ccccc3C(=O)NCC(C)(C)N)cn2c1.Cl.Cl. The van der Waals surface area contributed by atoms with Crippen LogP contribution in [0.5, 0.6) is 5.75 Å². The van der Waals surface area contributed by atoms with E-state index in [4.69, 9.17) is 10.5 Å². The molecule has 0 aliphatic carbocycles. The molecule has 8 heteroatoms. The molecule has 6 nitrogen and oxygen atoms in total. The van der Waals surface area contributed by atoms with Gasteiger partial charge in [-0.15, -0.1) is 24.8 Å². The van der Waals surface area contributed by atoms with E-state index >= 15 is 0 Å². The molecule has 0 spiro atoms. The van der Waals surface area contributed by atoms with E-state index in [0.29, 0.717) is 17.9 Å². The van der Waals surface area contributed by atoms with Gasteiger partial charge in [0.05, 0.1) is 11.3 Å². The minimum atomic E-state index is -0.472. The Hall–Kier alpha value is -2.28. The van der Waals surface area contributed by atoms with Crippen molar-refractivity contribution in [1.29, 1.82) is 0 Å². The van der Waals surface area contributed by atoms with Gasteiger partial charge >= 0.3 is 0 Å². The van der Waals surface area contributed by atoms with Gasteiger partial charge < -0.3 is 20.2 Å². The molecular weight excluding hydrogens is 399 g/mol. The van der Waals surface area contributed by atoms with Gasteiger partial charge in [-0.1, -0.05) is 18.2 Å². The van der Waals surface area contributed by atoms with Crippen LogP contribution in [0.25, 0.3) is 5.65 Å². The zero-order chi connectivity index (χ0) is 18.7. The van der Waals surface area contributed by atoms with Crippen LogP contribution < -0.4 is 15.8 Å². The Morgan fingerprint density at radius 1 is 1.18 bits per heavy atom. The summed E-state index contributed by atoms with van der Waals surface area (Å²) in [6.45, 7) is 6.42. The summed E-state index contributed by atoms with van der Waals surface area (Å²) in [6.07, 6.45) is 3.95. The number of carbonyl (C=O) groups is 1. The number of pyridine rings is 1. The van der Waals surface area contributed by atoms with Crippen LogP contribution in [0.2, 0.25) is 0 Å². The van der Waals surface area contributed by atoms with Crippen LogP contribution in [0.3, 0.4) is 0 Å². The Morgan fingerprint density at radius 2 is 1.89 bits per heavy atom. The topological polar surface area (TPSA) is 81.6 Å². The van der Waals surface area contributed by atoms with Crippen LogP contribution in [0.4, 0.5) is 0 Å². The summed E-state index contributed by atoms with van der Waals surface area (Å²) in [5.74, 6) is 0.317. The third kappa shape index (κ3) is 6.12. The first-order chi connectivity index (χ1) is 12.3. The second kappa shape index (κ2) is 9.78. The molecule has 3 aromatic rings. The first kappa shape index (κ1) is 23.8. The molecular formula is C20H26Cl2N4O2. The minimum Gasteiger partial charge on any atom is -0.486 e. The highest BCUT2D eigenvalue weighted by Crippen LogP contribution is 2.19. The lowest BCUT2D eigenvalue weighted by molar-refractivity contribution is 0.0941. The number of fused-ring (bicyclic) bond motifs is 1. The monoisotopic (exact) mass is 424 g/mol. The summed E-state index contributed by atoms with van der Waals surface area (Å²) in [5.41, 5.74) is 8.76. The molecule has 2 heterocycles. The van der Waals surface area contributed by atoms with Crippen LogP contribution in [0, 0.1) is 6.92 Å². The number of para-hydroxylation sites is 1. The van der Waals surface area contributed by atoms with Crippen molar-refractivity contribution in [2.75, 3.05) is 6.54 Å². The smallest absolute Gasteiger partial charge is 0.255 e. The maximum atomic E-state index is 12.4. The molecule has 0 radical (unpaired) electrons. The molecule has 1 aromatic carbocycles. The van der Waals surface area contributed by atoms with Crippen molar-refractivity contribution < 1.29 is 9.53 Å². The van der Waals surface area contributed by atoms with Gasteiger partial charge in [0.25, 0.3) is 5.91 Å². The second-order valence-electron chi connectivity index (χ2n) is 7.16. The van der Waals surface area contributed by atoms with Crippen molar-refractivity contribution in [3.05, 3.63) is 65.6 Å². The predicted molar refractivity (Wildman–Crippen MR) is 116 cm³/mol. The number of amides is 1. The summed E-state index contributed by atoms with van der Waals surface area (Å²) in [6, 6.07) is 11.2. The standard InChI is InChI=1S/C20H24N4O2.2ClH/c1-14-8-9-18-23-15(11-24(18)10-14)12-26-17-7-5-4-6-16(17)19(25)22-13-20(2,3)21;;/h4-11H,12-13,21H2,1-3H3,(H,22,25);2*1H. The number of hydrogen-bond acceptors (Lipinski definition) is 4. The van der Waals surface area contributed by atoms with E-state index in [9.17, 15) is 4.79 Å². The molecule has 0 saturated heterocycles. The largest absolute Gasteiger partial charge is 0.486 e. The number of nitrogens with two attached hydrogens (primary N) is 1. The van der Waals surface area contributed by atoms with Gasteiger partial charge in [-0.3, -0.25) is 4.79 Å². The van der Waals surface area contributed by atoms with Gasteiger partial charge in [-0.25, -0.2) is 4.98 Å². The highest BCUT2D eigenvalue weighted by molar-refractivity contribution is 5.96. The molecule has 2 aromatic heterocycles. The van der Waals surface area contributed by atoms with Crippen LogP contribution >= 0.6 is 24.8 Å². The number of benzene rings is 1. The van der Waals surface area contributed by atoms with Gasteiger partial charge in [0.15, 0.2) is 0 Å². The van der Waals surface area contributed by atoms with Gasteiger partial charge in [-0.05, 0) is 44.5 Å². The normalized spacial score (nSPS) is 10.7. The second-order valence-corrected chi connectivity index (χ2v) is 7.16. The van der Waals surface area contributed by atoms with Gasteiger partial charge in [0.1, 0.15) is 18.0 Å². The van der Waals surface area contributed by atoms with Crippen LogP contribution in [0.15, 0.2) is 48.8 Å². The van der Waals surface area contributed by atoms with E-state index in [1.165, 1.54) is 0 Å². The van der Waals surface area contributed by atoms with E-state index in [-0.39, 0.29) is 37.3 Å². The molecule has 0 atom stereocenters. The van der Waals surface area contributed by atoms with Crippen molar-refractivity contribution >= 4 is 36.4 Å². The Labute approximate surface area is 177 Å². The molecule has 0 unspecified atom stereocenters. The molecule has 3 N–H and O–H groups in total. The fourth-order valence-corrected chi connectivity index (χ4v) is 2.56. The Kier molecular flexibility index (Phi) is 8.29. The number of ether oxygens (including phenoxy) is 1. The first-order valence-corrected chi connectivity index (χ1v) is 8.55. The highest BCUT2D eigenvalue weighted by atomic mass is 35.5. The number of nitrogens with one attached hydrogen (secondary N) is 1. The van der Waals surface area contributed by atoms with Crippen LogP contribution in [0.1, 0.15) is 35.5 Å². The first-order valence-electron chi connectivity index (χ1n) is 8.55. The van der Waals surface area contributed by atoms with Gasteiger partial charge in [-0.2, -0.15) is 0 Å². The van der Waals surface area contributed by atoms with E-state index in [1.54, 1.807) is 12.1 Å². The molecule has 0 bridgehead atoms. The Balaban J connectivity index is 0.00000196. The van der Waals surface area contributed by atoms with E-state index in [0.717, 1.165) is 16.9 Å². The molecule has 0 aliphatic rings. The Bertz CT molecular complexity index is 935. The fourth-order valence-electron chi connectivity index (χ4n) is 2.56. The molecule has 152 valence electrons. The van der Waals surface area contributed by atoms with Crippen LogP contribution in [-0.2, 0) is 6.61 Å². The maximum Gasteiger partial charge on any atom is 0.255 e. The van der Waals surface area contributed by atoms with Crippen molar-refractivity contribution in [2.24, 2.45) is 5.73 Å². The van der Waals surface area contributed by atoms with E-state index in [1.807, 2.05) is 61.8 Å². The number of imidazole rings is 1.